The largest absolute Gasteiger partial charge is 0.393 e. The molecule has 2 atom stereocenters. The summed E-state index contributed by atoms with van der Waals surface area (Å²) < 4.78 is 0. The minimum Gasteiger partial charge on any atom is -0.393 e. The van der Waals surface area contributed by atoms with Gasteiger partial charge in [0.05, 0.1) is 22.3 Å². The standard InChI is InChI=1S/C13H18N4O4/c1-8(18)9-4-5-16(7-9)13(19)11-6-10(17(20)21)2-3-12(11)15-14/h2-3,6,8-9,15,18H,4-5,7,14H2,1H3. The Morgan fingerprint density at radius 1 is 1.62 bits per heavy atom. The zero-order valence-corrected chi connectivity index (χ0v) is 11.7. The van der Waals surface area contributed by atoms with Crippen LogP contribution in [0.4, 0.5) is 11.4 Å². The fourth-order valence-corrected chi connectivity index (χ4v) is 2.48. The average Bonchev–Trinajstić information content (AvgIpc) is 2.95. The van der Waals surface area contributed by atoms with Gasteiger partial charge in [-0.3, -0.25) is 20.8 Å². The van der Waals surface area contributed by atoms with Gasteiger partial charge in [-0.1, -0.05) is 0 Å². The molecule has 0 saturated carbocycles. The minimum absolute atomic E-state index is 0.0296. The molecule has 1 amide bonds. The maximum Gasteiger partial charge on any atom is 0.270 e. The number of aliphatic hydroxyl groups is 1. The van der Waals surface area contributed by atoms with Crippen LogP contribution in [0.3, 0.4) is 0 Å². The second kappa shape index (κ2) is 6.06. The van der Waals surface area contributed by atoms with Crippen LogP contribution in [-0.2, 0) is 0 Å². The van der Waals surface area contributed by atoms with Crippen LogP contribution in [0.15, 0.2) is 18.2 Å². The first kappa shape index (κ1) is 15.2. The molecule has 2 unspecified atom stereocenters. The SMILES string of the molecule is CC(O)C1CCN(C(=O)c2cc([N+](=O)[O-])ccc2NN)C1. The van der Waals surface area contributed by atoms with Crippen molar-refractivity contribution in [2.24, 2.45) is 11.8 Å². The molecule has 114 valence electrons. The Balaban J connectivity index is 2.26. The molecule has 0 aromatic heterocycles. The maximum absolute atomic E-state index is 12.5. The normalized spacial score (nSPS) is 19.4. The average molecular weight is 294 g/mol. The van der Waals surface area contributed by atoms with Crippen LogP contribution in [0.1, 0.15) is 23.7 Å². The van der Waals surface area contributed by atoms with Crippen molar-refractivity contribution in [3.05, 3.63) is 33.9 Å². The first-order valence-electron chi connectivity index (χ1n) is 6.66. The van der Waals surface area contributed by atoms with E-state index in [9.17, 15) is 20.0 Å². The summed E-state index contributed by atoms with van der Waals surface area (Å²) in [7, 11) is 0. The summed E-state index contributed by atoms with van der Waals surface area (Å²) in [4.78, 5) is 24.4. The topological polar surface area (TPSA) is 122 Å². The second-order valence-corrected chi connectivity index (χ2v) is 5.17. The first-order valence-corrected chi connectivity index (χ1v) is 6.66. The van der Waals surface area contributed by atoms with E-state index in [4.69, 9.17) is 5.84 Å². The summed E-state index contributed by atoms with van der Waals surface area (Å²) in [5.74, 6) is 5.06. The lowest BCUT2D eigenvalue weighted by atomic mass is 10.0. The number of non-ortho nitro benzene ring substituents is 1. The van der Waals surface area contributed by atoms with Gasteiger partial charge in [0.2, 0.25) is 0 Å². The van der Waals surface area contributed by atoms with Crippen LogP contribution < -0.4 is 11.3 Å². The lowest BCUT2D eigenvalue weighted by Crippen LogP contribution is -2.31. The number of aliphatic hydroxyl groups excluding tert-OH is 1. The number of carbonyl (C=O) groups is 1. The number of likely N-dealkylation sites (tertiary alicyclic amines) is 1. The summed E-state index contributed by atoms with van der Waals surface area (Å²) in [5, 5.41) is 20.4. The van der Waals surface area contributed by atoms with E-state index >= 15 is 0 Å². The number of hydrogen-bond acceptors (Lipinski definition) is 6. The highest BCUT2D eigenvalue weighted by Crippen LogP contribution is 2.26. The van der Waals surface area contributed by atoms with E-state index in [1.165, 1.54) is 18.2 Å². The molecule has 2 rings (SSSR count). The molecule has 0 spiro atoms. The Kier molecular flexibility index (Phi) is 4.39. The van der Waals surface area contributed by atoms with Gasteiger partial charge in [-0.25, -0.2) is 0 Å². The molecule has 1 aliphatic heterocycles. The van der Waals surface area contributed by atoms with Crippen LogP contribution in [0.2, 0.25) is 0 Å². The van der Waals surface area contributed by atoms with Gasteiger partial charge in [0.1, 0.15) is 0 Å². The van der Waals surface area contributed by atoms with Crippen molar-refractivity contribution in [3.63, 3.8) is 0 Å². The molecular weight excluding hydrogens is 276 g/mol. The van der Waals surface area contributed by atoms with Crippen molar-refractivity contribution in [3.8, 4) is 0 Å². The van der Waals surface area contributed by atoms with Gasteiger partial charge >= 0.3 is 0 Å². The van der Waals surface area contributed by atoms with Gasteiger partial charge in [-0.2, -0.15) is 0 Å². The van der Waals surface area contributed by atoms with Gasteiger partial charge in [0.25, 0.3) is 11.6 Å². The lowest BCUT2D eigenvalue weighted by Gasteiger charge is -2.19. The van der Waals surface area contributed by atoms with Gasteiger partial charge in [0, 0.05) is 31.1 Å². The van der Waals surface area contributed by atoms with Crippen LogP contribution in [0, 0.1) is 16.0 Å². The third kappa shape index (κ3) is 3.11. The van der Waals surface area contributed by atoms with Crippen molar-refractivity contribution < 1.29 is 14.8 Å². The molecule has 1 fully saturated rings. The molecule has 1 aromatic carbocycles. The molecule has 8 heteroatoms. The number of hydrazine groups is 1. The molecule has 4 N–H and O–H groups in total. The van der Waals surface area contributed by atoms with E-state index in [1.807, 2.05) is 0 Å². The lowest BCUT2D eigenvalue weighted by molar-refractivity contribution is -0.384. The molecule has 1 aliphatic rings. The maximum atomic E-state index is 12.5. The zero-order chi connectivity index (χ0) is 15.6. The molecule has 8 nitrogen and oxygen atoms in total. The summed E-state index contributed by atoms with van der Waals surface area (Å²) in [6.07, 6.45) is 0.226. The van der Waals surface area contributed by atoms with Crippen molar-refractivity contribution in [1.82, 2.24) is 4.90 Å². The molecule has 0 radical (unpaired) electrons. The van der Waals surface area contributed by atoms with Gasteiger partial charge < -0.3 is 15.4 Å². The number of nitrogens with two attached hydrogens (primary N) is 1. The van der Waals surface area contributed by atoms with E-state index < -0.39 is 11.0 Å². The molecule has 1 aromatic rings. The number of hydrogen-bond donors (Lipinski definition) is 3. The van der Waals surface area contributed by atoms with Crippen LogP contribution in [-0.4, -0.2) is 40.0 Å². The molecule has 1 saturated heterocycles. The number of nitrogens with zero attached hydrogens (tertiary/aromatic N) is 2. The van der Waals surface area contributed by atoms with Crippen molar-refractivity contribution >= 4 is 17.3 Å². The summed E-state index contributed by atoms with van der Waals surface area (Å²) in [5.41, 5.74) is 2.72. The second-order valence-electron chi connectivity index (χ2n) is 5.17. The Bertz CT molecular complexity index is 561. The van der Waals surface area contributed by atoms with Crippen molar-refractivity contribution in [1.29, 1.82) is 0 Å². The minimum atomic E-state index is -0.556. The number of carbonyl (C=O) groups excluding carboxylic acids is 1. The molecule has 21 heavy (non-hydrogen) atoms. The highest BCUT2D eigenvalue weighted by Gasteiger charge is 2.31. The Morgan fingerprint density at radius 2 is 2.33 bits per heavy atom. The number of nitrogens with one attached hydrogen (secondary N) is 1. The number of benzene rings is 1. The van der Waals surface area contributed by atoms with E-state index in [2.05, 4.69) is 5.43 Å². The van der Waals surface area contributed by atoms with Crippen LogP contribution >= 0.6 is 0 Å². The Labute approximate surface area is 121 Å². The first-order chi connectivity index (χ1) is 9.93. The van der Waals surface area contributed by atoms with E-state index in [-0.39, 0.29) is 23.1 Å². The predicted molar refractivity (Wildman–Crippen MR) is 76.6 cm³/mol. The molecule has 0 bridgehead atoms. The molecule has 1 heterocycles. The highest BCUT2D eigenvalue weighted by molar-refractivity contribution is 6.00. The number of amides is 1. The number of rotatable bonds is 4. The number of nitrogen functional groups attached to an aromatic ring is 1. The van der Waals surface area contributed by atoms with E-state index in [1.54, 1.807) is 11.8 Å². The fraction of sp³-hybridized carbons (Fsp3) is 0.462. The van der Waals surface area contributed by atoms with E-state index in [0.29, 0.717) is 25.2 Å². The molecule has 0 aliphatic carbocycles. The quantitative estimate of drug-likeness (QED) is 0.427. The van der Waals surface area contributed by atoms with Gasteiger partial charge in [-0.15, -0.1) is 0 Å². The van der Waals surface area contributed by atoms with Crippen LogP contribution in [0.5, 0.6) is 0 Å². The third-order valence-electron chi connectivity index (χ3n) is 3.79. The van der Waals surface area contributed by atoms with Crippen LogP contribution in [0.25, 0.3) is 0 Å². The highest BCUT2D eigenvalue weighted by atomic mass is 16.6. The predicted octanol–water partition coefficient (Wildman–Crippen LogP) is 0.723. The zero-order valence-electron chi connectivity index (χ0n) is 11.7. The third-order valence-corrected chi connectivity index (χ3v) is 3.79. The Morgan fingerprint density at radius 3 is 2.86 bits per heavy atom. The molecular formula is C13H18N4O4. The van der Waals surface area contributed by atoms with Crippen molar-refractivity contribution in [2.45, 2.75) is 19.4 Å². The fourth-order valence-electron chi connectivity index (χ4n) is 2.48. The van der Waals surface area contributed by atoms with Gasteiger partial charge in [-0.05, 0) is 19.4 Å². The summed E-state index contributed by atoms with van der Waals surface area (Å²) >= 11 is 0. The Hall–Kier alpha value is -2.19. The monoisotopic (exact) mass is 294 g/mol. The van der Waals surface area contributed by atoms with E-state index in [0.717, 1.165) is 0 Å². The van der Waals surface area contributed by atoms with Crippen molar-refractivity contribution in [2.75, 3.05) is 18.5 Å². The number of anilines is 1. The number of nitro benzene ring substituents is 1. The summed E-state index contributed by atoms with van der Waals surface area (Å²) in [6.45, 7) is 2.64. The van der Waals surface area contributed by atoms with Gasteiger partial charge in [0.15, 0.2) is 0 Å². The smallest absolute Gasteiger partial charge is 0.270 e. The number of nitro groups is 1. The summed E-state index contributed by atoms with van der Waals surface area (Å²) in [6, 6.07) is 3.91.